The summed E-state index contributed by atoms with van der Waals surface area (Å²) in [6.45, 7) is 5.70. The van der Waals surface area contributed by atoms with Crippen LogP contribution in [0.3, 0.4) is 0 Å². The van der Waals surface area contributed by atoms with Gasteiger partial charge in [-0.05, 0) is 7.05 Å². The van der Waals surface area contributed by atoms with Crippen molar-refractivity contribution >= 4 is 6.21 Å². The van der Waals surface area contributed by atoms with Crippen molar-refractivity contribution in [2.75, 3.05) is 26.9 Å². The van der Waals surface area contributed by atoms with E-state index in [4.69, 9.17) is 4.84 Å². The molecule has 1 rings (SSSR count). The topological polar surface area (TPSA) is 36.9 Å². The van der Waals surface area contributed by atoms with Crippen LogP contribution in [0.4, 0.5) is 0 Å². The highest BCUT2D eigenvalue weighted by molar-refractivity contribution is 5.79. The lowest BCUT2D eigenvalue weighted by atomic mass is 10.3. The molecular weight excluding hydrogens is 166 g/mol. The van der Waals surface area contributed by atoms with Gasteiger partial charge in [0.05, 0.1) is 13.3 Å². The summed E-state index contributed by atoms with van der Waals surface area (Å²) in [5.41, 5.74) is 3.83. The molecule has 1 heterocycles. The van der Waals surface area contributed by atoms with Crippen molar-refractivity contribution in [1.82, 2.24) is 10.4 Å². The van der Waals surface area contributed by atoms with Crippen molar-refractivity contribution in [2.45, 2.75) is 0 Å². The first-order valence-electron chi connectivity index (χ1n) is 4.18. The average Bonchev–Trinajstić information content (AvgIpc) is 2.13. The fourth-order valence-electron chi connectivity index (χ4n) is 1.01. The van der Waals surface area contributed by atoms with Gasteiger partial charge < -0.3 is 0 Å². The molecule has 0 saturated carbocycles. The second kappa shape index (κ2) is 5.50. The molecule has 1 N–H and O–H groups in total. The van der Waals surface area contributed by atoms with Gasteiger partial charge in [0.25, 0.3) is 0 Å². The van der Waals surface area contributed by atoms with Gasteiger partial charge in [-0.25, -0.2) is 0 Å². The van der Waals surface area contributed by atoms with Gasteiger partial charge in [-0.3, -0.25) is 20.2 Å². The van der Waals surface area contributed by atoms with Gasteiger partial charge in [-0.2, -0.15) is 0 Å². The maximum absolute atomic E-state index is 5.00. The second-order valence-electron chi connectivity index (χ2n) is 2.90. The van der Waals surface area contributed by atoms with E-state index < -0.39 is 0 Å². The minimum absolute atomic E-state index is 0.497. The summed E-state index contributed by atoms with van der Waals surface area (Å²) in [7, 11) is 2.02. The Morgan fingerprint density at radius 2 is 2.69 bits per heavy atom. The normalized spacial score (nSPS) is 20.5. The summed E-state index contributed by atoms with van der Waals surface area (Å²) in [6.07, 6.45) is 5.35. The average molecular weight is 181 g/mol. The van der Waals surface area contributed by atoms with Gasteiger partial charge in [0.15, 0.2) is 0 Å². The molecule has 0 aromatic rings. The fraction of sp³-hybridized carbons (Fsp3) is 0.444. The van der Waals surface area contributed by atoms with Crippen molar-refractivity contribution in [2.24, 2.45) is 4.99 Å². The molecule has 0 radical (unpaired) electrons. The molecule has 1 aliphatic heterocycles. The number of rotatable bonds is 4. The van der Waals surface area contributed by atoms with E-state index in [1.165, 1.54) is 0 Å². The van der Waals surface area contributed by atoms with Crippen molar-refractivity contribution in [3.8, 4) is 0 Å². The van der Waals surface area contributed by atoms with Crippen LogP contribution in [-0.4, -0.2) is 38.0 Å². The molecule has 4 nitrogen and oxygen atoms in total. The van der Waals surface area contributed by atoms with Crippen LogP contribution in [-0.2, 0) is 4.84 Å². The minimum Gasteiger partial charge on any atom is -0.283 e. The number of nitrogens with zero attached hydrogens (tertiary/aromatic N) is 2. The Morgan fingerprint density at radius 1 is 1.85 bits per heavy atom. The Morgan fingerprint density at radius 3 is 3.38 bits per heavy atom. The highest BCUT2D eigenvalue weighted by Crippen LogP contribution is 1.99. The van der Waals surface area contributed by atoms with E-state index in [-0.39, 0.29) is 0 Å². The molecule has 0 saturated heterocycles. The Balaban J connectivity index is 2.29. The van der Waals surface area contributed by atoms with Gasteiger partial charge in [0, 0.05) is 24.5 Å². The molecule has 0 aliphatic carbocycles. The van der Waals surface area contributed by atoms with E-state index >= 15 is 0 Å². The second-order valence-corrected chi connectivity index (χ2v) is 2.90. The zero-order valence-electron chi connectivity index (χ0n) is 7.86. The van der Waals surface area contributed by atoms with E-state index in [2.05, 4.69) is 22.0 Å². The Labute approximate surface area is 78.5 Å². The van der Waals surface area contributed by atoms with E-state index in [1.807, 2.05) is 19.5 Å². The zero-order chi connectivity index (χ0) is 9.52. The quantitative estimate of drug-likeness (QED) is 0.391. The van der Waals surface area contributed by atoms with Crippen LogP contribution in [0.15, 0.2) is 29.4 Å². The first-order chi connectivity index (χ1) is 6.33. The van der Waals surface area contributed by atoms with Crippen molar-refractivity contribution < 1.29 is 4.84 Å². The molecule has 0 spiro atoms. The predicted octanol–water partition coefficient (Wildman–Crippen LogP) is 0.551. The van der Waals surface area contributed by atoms with E-state index in [0.29, 0.717) is 6.61 Å². The Kier molecular flexibility index (Phi) is 4.21. The number of aliphatic imine (C=N–C) groups is 1. The molecule has 13 heavy (non-hydrogen) atoms. The standard InChI is InChI=1S/C9H15N3O/c1-3-4-13-11-6-9-5-10-8-12(2)7-9/h3,5-6,11H,1,4,7-8H2,2H3/b9-6-. The van der Waals surface area contributed by atoms with Crippen molar-refractivity contribution in [3.63, 3.8) is 0 Å². The lowest BCUT2D eigenvalue weighted by Gasteiger charge is -2.18. The molecule has 72 valence electrons. The summed E-state index contributed by atoms with van der Waals surface area (Å²) >= 11 is 0. The van der Waals surface area contributed by atoms with Gasteiger partial charge in [-0.15, -0.1) is 6.58 Å². The molecular formula is C9H15N3O. The smallest absolute Gasteiger partial charge is 0.0924 e. The number of hydrogen-bond donors (Lipinski definition) is 1. The van der Waals surface area contributed by atoms with Gasteiger partial charge in [0.1, 0.15) is 0 Å². The summed E-state index contributed by atoms with van der Waals surface area (Å²) in [6, 6.07) is 0. The van der Waals surface area contributed by atoms with Crippen LogP contribution in [0, 0.1) is 0 Å². The third-order valence-electron chi connectivity index (χ3n) is 1.56. The third kappa shape index (κ3) is 3.87. The van der Waals surface area contributed by atoms with E-state index in [0.717, 1.165) is 18.8 Å². The Hall–Kier alpha value is -1.13. The predicted molar refractivity (Wildman–Crippen MR) is 53.4 cm³/mol. The van der Waals surface area contributed by atoms with Crippen LogP contribution in [0.25, 0.3) is 0 Å². The molecule has 0 unspecified atom stereocenters. The molecule has 0 fully saturated rings. The van der Waals surface area contributed by atoms with Crippen LogP contribution < -0.4 is 5.48 Å². The van der Waals surface area contributed by atoms with Crippen LogP contribution >= 0.6 is 0 Å². The zero-order valence-corrected chi connectivity index (χ0v) is 7.86. The maximum atomic E-state index is 5.00. The molecule has 0 bridgehead atoms. The third-order valence-corrected chi connectivity index (χ3v) is 1.56. The van der Waals surface area contributed by atoms with E-state index in [1.54, 1.807) is 6.08 Å². The lowest BCUT2D eigenvalue weighted by molar-refractivity contribution is 0.0950. The number of hydroxylamine groups is 1. The van der Waals surface area contributed by atoms with Gasteiger partial charge >= 0.3 is 0 Å². The summed E-state index contributed by atoms with van der Waals surface area (Å²) in [5.74, 6) is 0. The highest BCUT2D eigenvalue weighted by atomic mass is 16.6. The Bertz CT molecular complexity index is 223. The van der Waals surface area contributed by atoms with Crippen LogP contribution in [0.2, 0.25) is 0 Å². The summed E-state index contributed by atoms with van der Waals surface area (Å²) < 4.78 is 0. The number of likely N-dealkylation sites (N-methyl/N-ethyl adjacent to an activating group) is 1. The van der Waals surface area contributed by atoms with Gasteiger partial charge in [-0.1, -0.05) is 6.08 Å². The first kappa shape index (κ1) is 9.95. The first-order valence-corrected chi connectivity index (χ1v) is 4.18. The molecule has 0 aromatic carbocycles. The number of hydrogen-bond acceptors (Lipinski definition) is 4. The van der Waals surface area contributed by atoms with Crippen molar-refractivity contribution in [3.05, 3.63) is 24.4 Å². The fourth-order valence-corrected chi connectivity index (χ4v) is 1.01. The molecule has 0 amide bonds. The van der Waals surface area contributed by atoms with Crippen molar-refractivity contribution in [1.29, 1.82) is 0 Å². The highest BCUT2D eigenvalue weighted by Gasteiger charge is 2.04. The monoisotopic (exact) mass is 181 g/mol. The molecule has 0 aromatic heterocycles. The van der Waals surface area contributed by atoms with Crippen LogP contribution in [0.1, 0.15) is 0 Å². The molecule has 4 heteroatoms. The maximum Gasteiger partial charge on any atom is 0.0924 e. The summed E-state index contributed by atoms with van der Waals surface area (Å²) in [5, 5.41) is 0. The van der Waals surface area contributed by atoms with E-state index in [9.17, 15) is 0 Å². The van der Waals surface area contributed by atoms with Gasteiger partial charge in [0.2, 0.25) is 0 Å². The number of nitrogens with one attached hydrogen (secondary N) is 1. The summed E-state index contributed by atoms with van der Waals surface area (Å²) in [4.78, 5) is 11.3. The largest absolute Gasteiger partial charge is 0.283 e. The van der Waals surface area contributed by atoms with Crippen LogP contribution in [0.5, 0.6) is 0 Å². The molecule has 1 aliphatic rings. The minimum atomic E-state index is 0.497. The SMILES string of the molecule is C=CCON/C=C1/C=NCN(C)C1. The lowest BCUT2D eigenvalue weighted by Crippen LogP contribution is -2.26. The molecule has 0 atom stereocenters.